The number of carboxylic acid groups (broad SMARTS) is 1. The predicted octanol–water partition coefficient (Wildman–Crippen LogP) is 2.44. The molecular weight excluding hydrogens is 254 g/mol. The quantitative estimate of drug-likeness (QED) is 0.838. The summed E-state index contributed by atoms with van der Waals surface area (Å²) < 4.78 is 0. The Kier molecular flexibility index (Phi) is 4.42. The summed E-state index contributed by atoms with van der Waals surface area (Å²) in [5.41, 5.74) is 1.84. The van der Waals surface area contributed by atoms with Gasteiger partial charge in [-0.25, -0.2) is 0 Å². The second kappa shape index (κ2) is 6.07. The highest BCUT2D eigenvalue weighted by Gasteiger charge is 2.40. The van der Waals surface area contributed by atoms with E-state index in [1.54, 1.807) is 0 Å². The van der Waals surface area contributed by atoms with Crippen LogP contribution >= 0.6 is 0 Å². The molecule has 1 aromatic rings. The summed E-state index contributed by atoms with van der Waals surface area (Å²) in [5.74, 6) is -0.893. The SMILES string of the molecule is Cc1ccc(CCC(=O)NC2(CC(=O)O)CCC2)cc1. The molecule has 0 aliphatic heterocycles. The van der Waals surface area contributed by atoms with Crippen molar-refractivity contribution in [3.63, 3.8) is 0 Å². The fraction of sp³-hybridized carbons (Fsp3) is 0.500. The predicted molar refractivity (Wildman–Crippen MR) is 76.5 cm³/mol. The van der Waals surface area contributed by atoms with Gasteiger partial charge in [-0.05, 0) is 38.2 Å². The highest BCUT2D eigenvalue weighted by Crippen LogP contribution is 2.35. The fourth-order valence-corrected chi connectivity index (χ4v) is 2.61. The van der Waals surface area contributed by atoms with E-state index in [2.05, 4.69) is 5.32 Å². The van der Waals surface area contributed by atoms with E-state index in [9.17, 15) is 9.59 Å². The van der Waals surface area contributed by atoms with Crippen LogP contribution in [-0.2, 0) is 16.0 Å². The molecule has 20 heavy (non-hydrogen) atoms. The summed E-state index contributed by atoms with van der Waals surface area (Å²) in [7, 11) is 0. The Morgan fingerprint density at radius 3 is 2.40 bits per heavy atom. The smallest absolute Gasteiger partial charge is 0.305 e. The Hall–Kier alpha value is -1.84. The van der Waals surface area contributed by atoms with Crippen molar-refractivity contribution in [2.45, 2.75) is 51.0 Å². The number of amides is 1. The van der Waals surface area contributed by atoms with Crippen molar-refractivity contribution in [2.24, 2.45) is 0 Å². The van der Waals surface area contributed by atoms with Crippen molar-refractivity contribution in [1.82, 2.24) is 5.32 Å². The molecule has 0 radical (unpaired) electrons. The van der Waals surface area contributed by atoms with Gasteiger partial charge in [0.15, 0.2) is 0 Å². The summed E-state index contributed by atoms with van der Waals surface area (Å²) in [6, 6.07) is 8.12. The third kappa shape index (κ3) is 3.83. The number of carboxylic acids is 1. The van der Waals surface area contributed by atoms with Crippen LogP contribution in [0.25, 0.3) is 0 Å². The fourth-order valence-electron chi connectivity index (χ4n) is 2.61. The first-order valence-corrected chi connectivity index (χ1v) is 7.07. The molecule has 2 N–H and O–H groups in total. The Balaban J connectivity index is 1.83. The van der Waals surface area contributed by atoms with Crippen molar-refractivity contribution in [3.8, 4) is 0 Å². The van der Waals surface area contributed by atoms with E-state index in [4.69, 9.17) is 5.11 Å². The van der Waals surface area contributed by atoms with Gasteiger partial charge >= 0.3 is 5.97 Å². The van der Waals surface area contributed by atoms with Crippen LogP contribution in [0.3, 0.4) is 0 Å². The minimum atomic E-state index is -0.844. The lowest BCUT2D eigenvalue weighted by molar-refractivity contribution is -0.140. The van der Waals surface area contributed by atoms with E-state index in [1.807, 2.05) is 31.2 Å². The molecule has 1 fully saturated rings. The normalized spacial score (nSPS) is 16.2. The standard InChI is InChI=1S/C16H21NO3/c1-12-3-5-13(6-4-12)7-8-14(18)17-16(9-2-10-16)11-15(19)20/h3-6H,2,7-11H2,1H3,(H,17,18)(H,19,20). The first-order chi connectivity index (χ1) is 9.49. The van der Waals surface area contributed by atoms with Gasteiger partial charge in [-0.3, -0.25) is 9.59 Å². The molecule has 0 unspecified atom stereocenters. The number of benzene rings is 1. The highest BCUT2D eigenvalue weighted by molar-refractivity contribution is 5.78. The van der Waals surface area contributed by atoms with E-state index in [0.717, 1.165) is 24.8 Å². The zero-order chi connectivity index (χ0) is 14.6. The van der Waals surface area contributed by atoms with Crippen LogP contribution in [0.4, 0.5) is 0 Å². The molecule has 4 nitrogen and oxygen atoms in total. The van der Waals surface area contributed by atoms with E-state index < -0.39 is 11.5 Å². The van der Waals surface area contributed by atoms with E-state index in [-0.39, 0.29) is 12.3 Å². The average molecular weight is 275 g/mol. The molecule has 0 atom stereocenters. The minimum Gasteiger partial charge on any atom is -0.481 e. The van der Waals surface area contributed by atoms with Crippen molar-refractivity contribution in [2.75, 3.05) is 0 Å². The molecule has 1 aliphatic carbocycles. The Labute approximate surface area is 119 Å². The van der Waals surface area contributed by atoms with E-state index >= 15 is 0 Å². The summed E-state index contributed by atoms with van der Waals surface area (Å²) in [5, 5.41) is 11.8. The van der Waals surface area contributed by atoms with E-state index in [0.29, 0.717) is 12.8 Å². The largest absolute Gasteiger partial charge is 0.481 e. The Morgan fingerprint density at radius 2 is 1.90 bits per heavy atom. The number of aliphatic carboxylic acids is 1. The number of hydrogen-bond donors (Lipinski definition) is 2. The van der Waals surface area contributed by atoms with Gasteiger partial charge in [0.1, 0.15) is 0 Å². The topological polar surface area (TPSA) is 66.4 Å². The minimum absolute atomic E-state index is 0.0310. The Bertz CT molecular complexity index is 489. The third-order valence-electron chi connectivity index (χ3n) is 3.97. The van der Waals surface area contributed by atoms with Gasteiger partial charge in [0.25, 0.3) is 0 Å². The maximum atomic E-state index is 12.0. The van der Waals surface area contributed by atoms with Crippen molar-refractivity contribution in [3.05, 3.63) is 35.4 Å². The lowest BCUT2D eigenvalue weighted by atomic mass is 9.74. The molecule has 0 heterocycles. The number of carbonyl (C=O) groups is 2. The maximum absolute atomic E-state index is 12.0. The number of carbonyl (C=O) groups excluding carboxylic acids is 1. The zero-order valence-corrected chi connectivity index (χ0v) is 11.8. The van der Waals surface area contributed by atoms with Crippen LogP contribution in [0.5, 0.6) is 0 Å². The molecule has 1 saturated carbocycles. The molecule has 1 amide bonds. The Morgan fingerprint density at radius 1 is 1.25 bits per heavy atom. The monoisotopic (exact) mass is 275 g/mol. The highest BCUT2D eigenvalue weighted by atomic mass is 16.4. The van der Waals surface area contributed by atoms with Gasteiger partial charge in [0, 0.05) is 6.42 Å². The third-order valence-corrected chi connectivity index (χ3v) is 3.97. The van der Waals surface area contributed by atoms with E-state index in [1.165, 1.54) is 5.56 Å². The molecule has 0 saturated heterocycles. The lowest BCUT2D eigenvalue weighted by Gasteiger charge is -2.41. The van der Waals surface area contributed by atoms with Crippen LogP contribution in [0, 0.1) is 6.92 Å². The van der Waals surface area contributed by atoms with Gasteiger partial charge in [0.2, 0.25) is 5.91 Å². The molecule has 108 valence electrons. The molecule has 0 aromatic heterocycles. The van der Waals surface area contributed by atoms with Crippen LogP contribution in [0.2, 0.25) is 0 Å². The molecule has 2 rings (SSSR count). The molecule has 4 heteroatoms. The average Bonchev–Trinajstić information content (AvgIpc) is 2.35. The number of rotatable bonds is 6. The van der Waals surface area contributed by atoms with Gasteiger partial charge in [-0.15, -0.1) is 0 Å². The van der Waals surface area contributed by atoms with Crippen LogP contribution in [0.1, 0.15) is 43.2 Å². The maximum Gasteiger partial charge on any atom is 0.305 e. The summed E-state index contributed by atoms with van der Waals surface area (Å²) in [6.45, 7) is 2.03. The summed E-state index contributed by atoms with van der Waals surface area (Å²) in [4.78, 5) is 22.8. The molecular formula is C16H21NO3. The van der Waals surface area contributed by atoms with Crippen molar-refractivity contribution < 1.29 is 14.7 Å². The van der Waals surface area contributed by atoms with Gasteiger partial charge in [0.05, 0.1) is 12.0 Å². The number of aryl methyl sites for hydroxylation is 2. The second-order valence-electron chi connectivity index (χ2n) is 5.74. The zero-order valence-electron chi connectivity index (χ0n) is 11.8. The van der Waals surface area contributed by atoms with Gasteiger partial charge in [-0.2, -0.15) is 0 Å². The first kappa shape index (κ1) is 14.6. The number of nitrogens with one attached hydrogen (secondary N) is 1. The van der Waals surface area contributed by atoms with Crippen molar-refractivity contribution in [1.29, 1.82) is 0 Å². The number of hydrogen-bond acceptors (Lipinski definition) is 2. The second-order valence-corrected chi connectivity index (χ2v) is 5.74. The van der Waals surface area contributed by atoms with Crippen LogP contribution in [-0.4, -0.2) is 22.5 Å². The molecule has 0 bridgehead atoms. The summed E-state index contributed by atoms with van der Waals surface area (Å²) >= 11 is 0. The summed E-state index contributed by atoms with van der Waals surface area (Å²) in [6.07, 6.45) is 3.67. The first-order valence-electron chi connectivity index (χ1n) is 7.07. The lowest BCUT2D eigenvalue weighted by Crippen LogP contribution is -2.54. The van der Waals surface area contributed by atoms with Crippen LogP contribution in [0.15, 0.2) is 24.3 Å². The van der Waals surface area contributed by atoms with Crippen LogP contribution < -0.4 is 5.32 Å². The molecule has 1 aliphatic rings. The molecule has 1 aromatic carbocycles. The van der Waals surface area contributed by atoms with Gasteiger partial charge in [-0.1, -0.05) is 29.8 Å². The van der Waals surface area contributed by atoms with Gasteiger partial charge < -0.3 is 10.4 Å². The van der Waals surface area contributed by atoms with Crippen molar-refractivity contribution >= 4 is 11.9 Å². The molecule has 0 spiro atoms.